The zero-order chi connectivity index (χ0) is 22.3. The van der Waals surface area contributed by atoms with Crippen molar-refractivity contribution in [2.24, 2.45) is 23.2 Å². The molecule has 174 valence electrons. The molecule has 1 heterocycles. The predicted molar refractivity (Wildman–Crippen MR) is 124 cm³/mol. The second-order valence-electron chi connectivity index (χ2n) is 10.8. The van der Waals surface area contributed by atoms with E-state index in [0.717, 1.165) is 36.3 Å². The summed E-state index contributed by atoms with van der Waals surface area (Å²) in [5, 5.41) is 12.7. The summed E-state index contributed by atoms with van der Waals surface area (Å²) in [6.07, 6.45) is 8.65. The van der Waals surface area contributed by atoms with Crippen LogP contribution >= 0.6 is 11.6 Å². The lowest BCUT2D eigenvalue weighted by Crippen LogP contribution is -2.47. The first-order valence-electron chi connectivity index (χ1n) is 12.2. The van der Waals surface area contributed by atoms with E-state index in [2.05, 4.69) is 10.2 Å². The van der Waals surface area contributed by atoms with Crippen molar-refractivity contribution in [3.8, 4) is 0 Å². The molecule has 5 aliphatic rings. The number of amides is 2. The summed E-state index contributed by atoms with van der Waals surface area (Å²) in [4.78, 5) is 27.7. The summed E-state index contributed by atoms with van der Waals surface area (Å²) in [7, 11) is 0. The number of piperazine rings is 1. The zero-order valence-electron chi connectivity index (χ0n) is 18.7. The number of nitrogens with zero attached hydrogens (tertiary/aromatic N) is 2. The number of carbonyl (C=O) groups is 2. The molecular weight excluding hydrogens is 426 g/mol. The Morgan fingerprint density at radius 3 is 2.25 bits per heavy atom. The maximum Gasteiger partial charge on any atom is 0.407 e. The van der Waals surface area contributed by atoms with Crippen LogP contribution < -0.4 is 5.32 Å². The van der Waals surface area contributed by atoms with Gasteiger partial charge in [-0.3, -0.25) is 9.69 Å². The van der Waals surface area contributed by atoms with E-state index in [-0.39, 0.29) is 5.91 Å². The Morgan fingerprint density at radius 1 is 1.03 bits per heavy atom. The largest absolute Gasteiger partial charge is 0.465 e. The molecule has 0 unspecified atom stereocenters. The van der Waals surface area contributed by atoms with Crippen LogP contribution in [0.3, 0.4) is 0 Å². The number of rotatable bonds is 6. The molecule has 0 aromatic heterocycles. The van der Waals surface area contributed by atoms with Gasteiger partial charge in [0.25, 0.3) is 5.91 Å². The molecule has 4 bridgehead atoms. The average Bonchev–Trinajstić information content (AvgIpc) is 2.74. The number of hydrogen-bond acceptors (Lipinski definition) is 3. The fraction of sp³-hybridized carbons (Fsp3) is 0.680. The van der Waals surface area contributed by atoms with Crippen molar-refractivity contribution >= 4 is 23.6 Å². The zero-order valence-corrected chi connectivity index (χ0v) is 19.4. The third-order valence-electron chi connectivity index (χ3n) is 8.43. The van der Waals surface area contributed by atoms with Crippen LogP contribution in [0, 0.1) is 23.2 Å². The lowest BCUT2D eigenvalue weighted by molar-refractivity contribution is -0.0564. The summed E-state index contributed by atoms with van der Waals surface area (Å²) in [6.45, 7) is 3.84. The second-order valence-corrected chi connectivity index (χ2v) is 11.2. The van der Waals surface area contributed by atoms with Gasteiger partial charge in [0.2, 0.25) is 0 Å². The third kappa shape index (κ3) is 4.62. The molecule has 2 N–H and O–H groups in total. The van der Waals surface area contributed by atoms with Crippen molar-refractivity contribution in [3.63, 3.8) is 0 Å². The SMILES string of the molecule is O=C(NCCC12CC3CC(CC(C3)C1)C2)c1cc(CN2CCN(C(=O)O)CC2)ccc1Cl. The fourth-order valence-corrected chi connectivity index (χ4v) is 7.54. The van der Waals surface area contributed by atoms with Gasteiger partial charge in [-0.25, -0.2) is 4.79 Å². The van der Waals surface area contributed by atoms with Crippen molar-refractivity contribution in [2.45, 2.75) is 51.5 Å². The highest BCUT2D eigenvalue weighted by atomic mass is 35.5. The van der Waals surface area contributed by atoms with Gasteiger partial charge in [0.05, 0.1) is 10.6 Å². The first-order valence-corrected chi connectivity index (χ1v) is 12.5. The summed E-state index contributed by atoms with van der Waals surface area (Å²) in [5.74, 6) is 2.71. The van der Waals surface area contributed by atoms with Crippen LogP contribution in [0.2, 0.25) is 5.02 Å². The Labute approximate surface area is 195 Å². The lowest BCUT2D eigenvalue weighted by Gasteiger charge is -2.57. The third-order valence-corrected chi connectivity index (χ3v) is 8.76. The minimum Gasteiger partial charge on any atom is -0.465 e. The van der Waals surface area contributed by atoms with Crippen LogP contribution in [0.1, 0.15) is 60.9 Å². The fourth-order valence-electron chi connectivity index (χ4n) is 7.33. The van der Waals surface area contributed by atoms with E-state index < -0.39 is 6.09 Å². The molecule has 7 heteroatoms. The number of hydrogen-bond donors (Lipinski definition) is 2. The summed E-state index contributed by atoms with van der Waals surface area (Å²) in [5.41, 5.74) is 2.04. The molecule has 0 spiro atoms. The molecule has 4 aliphatic carbocycles. The highest BCUT2D eigenvalue weighted by Crippen LogP contribution is 2.61. The van der Waals surface area contributed by atoms with Crippen molar-refractivity contribution < 1.29 is 14.7 Å². The molecule has 2 amide bonds. The number of carboxylic acid groups (broad SMARTS) is 1. The van der Waals surface area contributed by atoms with Gasteiger partial charge >= 0.3 is 6.09 Å². The summed E-state index contributed by atoms with van der Waals surface area (Å²) in [6, 6.07) is 5.66. The highest BCUT2D eigenvalue weighted by molar-refractivity contribution is 6.33. The molecular formula is C25H34ClN3O3. The van der Waals surface area contributed by atoms with Gasteiger partial charge in [-0.15, -0.1) is 0 Å². The first kappa shape index (κ1) is 22.0. The maximum absolute atomic E-state index is 12.9. The molecule has 32 heavy (non-hydrogen) atoms. The van der Waals surface area contributed by atoms with Crippen LogP contribution in [0.15, 0.2) is 18.2 Å². The van der Waals surface area contributed by atoms with Crippen molar-refractivity contribution in [1.82, 2.24) is 15.1 Å². The van der Waals surface area contributed by atoms with Gasteiger partial charge in [0.1, 0.15) is 0 Å². The Bertz CT molecular complexity index is 846. The standard InChI is InChI=1S/C25H34ClN3O3/c26-22-2-1-17(16-28-5-7-29(8-6-28)24(31)32)12-21(22)23(30)27-4-3-25-13-18-9-19(14-25)11-20(10-18)15-25/h1-2,12,18-20H,3-11,13-16H2,(H,27,30)(H,31,32). The Hall–Kier alpha value is -1.79. The molecule has 6 nitrogen and oxygen atoms in total. The normalized spacial score (nSPS) is 31.7. The van der Waals surface area contributed by atoms with E-state index in [0.29, 0.717) is 48.7 Å². The van der Waals surface area contributed by atoms with Crippen molar-refractivity contribution in [3.05, 3.63) is 34.3 Å². The maximum atomic E-state index is 12.9. The first-order chi connectivity index (χ1) is 15.4. The molecule has 1 aliphatic heterocycles. The lowest BCUT2D eigenvalue weighted by atomic mass is 9.49. The van der Waals surface area contributed by atoms with Crippen molar-refractivity contribution in [2.75, 3.05) is 32.7 Å². The summed E-state index contributed by atoms with van der Waals surface area (Å²) >= 11 is 6.38. The molecule has 6 rings (SSSR count). The van der Waals surface area contributed by atoms with Gasteiger partial charge in [-0.05, 0) is 85.8 Å². The molecule has 0 radical (unpaired) electrons. The van der Waals surface area contributed by atoms with Crippen LogP contribution in [0.5, 0.6) is 0 Å². The van der Waals surface area contributed by atoms with E-state index in [1.54, 1.807) is 6.07 Å². The summed E-state index contributed by atoms with van der Waals surface area (Å²) < 4.78 is 0. The highest BCUT2D eigenvalue weighted by Gasteiger charge is 2.50. The molecule has 0 atom stereocenters. The quantitative estimate of drug-likeness (QED) is 0.658. The molecule has 1 aromatic rings. The number of benzene rings is 1. The van der Waals surface area contributed by atoms with Crippen LogP contribution in [-0.2, 0) is 6.54 Å². The van der Waals surface area contributed by atoms with Gasteiger partial charge in [-0.1, -0.05) is 17.7 Å². The predicted octanol–water partition coefficient (Wildman–Crippen LogP) is 4.47. The Balaban J connectivity index is 1.15. The molecule has 1 saturated heterocycles. The molecule has 1 aromatic carbocycles. The van der Waals surface area contributed by atoms with E-state index in [4.69, 9.17) is 16.7 Å². The van der Waals surface area contributed by atoms with E-state index in [9.17, 15) is 9.59 Å². The molecule has 5 fully saturated rings. The minimum absolute atomic E-state index is 0.0859. The van der Waals surface area contributed by atoms with Crippen LogP contribution in [0.25, 0.3) is 0 Å². The van der Waals surface area contributed by atoms with Gasteiger partial charge in [0.15, 0.2) is 0 Å². The topological polar surface area (TPSA) is 72.9 Å². The van der Waals surface area contributed by atoms with Gasteiger partial charge in [0, 0.05) is 39.3 Å². The van der Waals surface area contributed by atoms with Crippen LogP contribution in [0.4, 0.5) is 4.79 Å². The van der Waals surface area contributed by atoms with E-state index in [1.807, 2.05) is 12.1 Å². The van der Waals surface area contributed by atoms with E-state index in [1.165, 1.54) is 43.4 Å². The van der Waals surface area contributed by atoms with E-state index >= 15 is 0 Å². The smallest absolute Gasteiger partial charge is 0.407 e. The van der Waals surface area contributed by atoms with Gasteiger partial charge in [-0.2, -0.15) is 0 Å². The molecule has 4 saturated carbocycles. The van der Waals surface area contributed by atoms with Gasteiger partial charge < -0.3 is 15.3 Å². The van der Waals surface area contributed by atoms with Crippen LogP contribution in [-0.4, -0.2) is 59.6 Å². The number of carbonyl (C=O) groups excluding carboxylic acids is 1. The average molecular weight is 460 g/mol. The Kier molecular flexibility index (Phi) is 6.10. The van der Waals surface area contributed by atoms with Crippen molar-refractivity contribution in [1.29, 1.82) is 0 Å². The number of nitrogens with one attached hydrogen (secondary N) is 1. The minimum atomic E-state index is -0.858. The monoisotopic (exact) mass is 459 g/mol. The second kappa shape index (κ2) is 8.86. The Morgan fingerprint density at radius 2 is 1.66 bits per heavy atom. The number of halogens is 1.